The largest absolute Gasteiger partial charge is 0.491 e. The molecule has 1 atom stereocenters. The molecule has 0 unspecified atom stereocenters. The van der Waals surface area contributed by atoms with E-state index in [0.29, 0.717) is 23.8 Å². The first-order valence-electron chi connectivity index (χ1n) is 9.56. The molecule has 2 N–H and O–H groups in total. The third kappa shape index (κ3) is 5.30. The SMILES string of the molecule is O=C(Nc1ccc(OC[C@H]2CCCO2)cc1)c1cccc(Nc2ncccn2)c1. The lowest BCUT2D eigenvalue weighted by molar-refractivity contribution is 0.0679. The van der Waals surface area contributed by atoms with Crippen molar-refractivity contribution >= 4 is 23.2 Å². The summed E-state index contributed by atoms with van der Waals surface area (Å²) in [5, 5.41) is 5.97. The summed E-state index contributed by atoms with van der Waals surface area (Å²) in [5.74, 6) is 1.03. The average molecular weight is 390 g/mol. The monoisotopic (exact) mass is 390 g/mol. The normalized spacial score (nSPS) is 15.7. The molecule has 4 rings (SSSR count). The lowest BCUT2D eigenvalue weighted by atomic mass is 10.2. The fourth-order valence-electron chi connectivity index (χ4n) is 3.03. The van der Waals surface area contributed by atoms with Crippen LogP contribution in [-0.4, -0.2) is 35.2 Å². The van der Waals surface area contributed by atoms with Gasteiger partial charge in [-0.15, -0.1) is 0 Å². The number of aromatic nitrogens is 2. The second-order valence-electron chi connectivity index (χ2n) is 6.70. The first-order chi connectivity index (χ1) is 14.3. The van der Waals surface area contributed by atoms with Crippen molar-refractivity contribution in [3.8, 4) is 5.75 Å². The Hall–Kier alpha value is -3.45. The van der Waals surface area contributed by atoms with E-state index in [1.165, 1.54) is 0 Å². The number of hydrogen-bond acceptors (Lipinski definition) is 6. The van der Waals surface area contributed by atoms with Crippen LogP contribution in [0.4, 0.5) is 17.3 Å². The van der Waals surface area contributed by atoms with Crippen LogP contribution in [0.25, 0.3) is 0 Å². The molecule has 2 heterocycles. The molecule has 1 aliphatic rings. The van der Waals surface area contributed by atoms with Crippen molar-refractivity contribution in [2.24, 2.45) is 0 Å². The van der Waals surface area contributed by atoms with Crippen molar-refractivity contribution in [3.63, 3.8) is 0 Å². The number of benzene rings is 2. The standard InChI is InChI=1S/C22H22N4O3/c27-21(16-4-1-5-18(14-16)26-22-23-11-3-12-24-22)25-17-7-9-19(10-8-17)29-15-20-6-2-13-28-20/h1,3-5,7-12,14,20H,2,6,13,15H2,(H,25,27)(H,23,24,26)/t20-/m1/s1. The Morgan fingerprint density at radius 3 is 2.66 bits per heavy atom. The molecule has 0 bridgehead atoms. The van der Waals surface area contributed by atoms with E-state index in [9.17, 15) is 4.79 Å². The minimum atomic E-state index is -0.198. The van der Waals surface area contributed by atoms with Gasteiger partial charge in [-0.2, -0.15) is 0 Å². The van der Waals surface area contributed by atoms with Crippen LogP contribution < -0.4 is 15.4 Å². The number of amides is 1. The Morgan fingerprint density at radius 2 is 1.90 bits per heavy atom. The van der Waals surface area contributed by atoms with Gasteiger partial charge in [0.05, 0.1) is 6.10 Å². The summed E-state index contributed by atoms with van der Waals surface area (Å²) in [6, 6.07) is 16.2. The first kappa shape index (κ1) is 18.9. The van der Waals surface area contributed by atoms with Crippen molar-refractivity contribution in [2.75, 3.05) is 23.8 Å². The molecule has 7 heteroatoms. The van der Waals surface area contributed by atoms with Gasteiger partial charge in [-0.05, 0) is 61.4 Å². The topological polar surface area (TPSA) is 85.4 Å². The molecule has 2 aromatic carbocycles. The number of nitrogens with one attached hydrogen (secondary N) is 2. The molecule has 0 saturated carbocycles. The highest BCUT2D eigenvalue weighted by atomic mass is 16.5. The zero-order chi connectivity index (χ0) is 19.9. The highest BCUT2D eigenvalue weighted by Gasteiger charge is 2.16. The van der Waals surface area contributed by atoms with Crippen LogP contribution in [0.2, 0.25) is 0 Å². The Bertz CT molecular complexity index is 942. The number of rotatable bonds is 7. The molecule has 0 spiro atoms. The van der Waals surface area contributed by atoms with Crippen molar-refractivity contribution in [3.05, 3.63) is 72.6 Å². The van der Waals surface area contributed by atoms with Crippen molar-refractivity contribution in [2.45, 2.75) is 18.9 Å². The highest BCUT2D eigenvalue weighted by Crippen LogP contribution is 2.20. The number of ether oxygens (including phenoxy) is 2. The maximum atomic E-state index is 12.6. The van der Waals surface area contributed by atoms with Crippen LogP contribution in [0.1, 0.15) is 23.2 Å². The summed E-state index contributed by atoms with van der Waals surface area (Å²) in [5.41, 5.74) is 1.97. The average Bonchev–Trinajstić information content (AvgIpc) is 3.28. The van der Waals surface area contributed by atoms with Gasteiger partial charge in [0, 0.05) is 35.9 Å². The minimum Gasteiger partial charge on any atom is -0.491 e. The molecule has 29 heavy (non-hydrogen) atoms. The van der Waals surface area contributed by atoms with Crippen molar-refractivity contribution in [1.82, 2.24) is 9.97 Å². The summed E-state index contributed by atoms with van der Waals surface area (Å²) in [6.45, 7) is 1.37. The highest BCUT2D eigenvalue weighted by molar-refractivity contribution is 6.04. The second kappa shape index (κ2) is 9.16. The van der Waals surface area contributed by atoms with Gasteiger partial charge < -0.3 is 20.1 Å². The summed E-state index contributed by atoms with van der Waals surface area (Å²) in [4.78, 5) is 20.8. The Morgan fingerprint density at radius 1 is 1.07 bits per heavy atom. The molecule has 3 aromatic rings. The number of carbonyl (C=O) groups is 1. The predicted octanol–water partition coefficient (Wildman–Crippen LogP) is 4.03. The molecule has 148 valence electrons. The van der Waals surface area contributed by atoms with E-state index >= 15 is 0 Å². The summed E-state index contributed by atoms with van der Waals surface area (Å²) < 4.78 is 11.3. The van der Waals surface area contributed by atoms with E-state index in [2.05, 4.69) is 20.6 Å². The quantitative estimate of drug-likeness (QED) is 0.634. The van der Waals surface area contributed by atoms with E-state index in [-0.39, 0.29) is 12.0 Å². The van der Waals surface area contributed by atoms with Crippen LogP contribution in [0.3, 0.4) is 0 Å². The molecule has 7 nitrogen and oxygen atoms in total. The van der Waals surface area contributed by atoms with Gasteiger partial charge in [-0.25, -0.2) is 9.97 Å². The Kier molecular flexibility index (Phi) is 5.97. The number of anilines is 3. The van der Waals surface area contributed by atoms with Crippen LogP contribution in [0, 0.1) is 0 Å². The van der Waals surface area contributed by atoms with E-state index < -0.39 is 0 Å². The van der Waals surface area contributed by atoms with Gasteiger partial charge in [0.1, 0.15) is 12.4 Å². The molecule has 1 saturated heterocycles. The summed E-state index contributed by atoms with van der Waals surface area (Å²) >= 11 is 0. The van der Waals surface area contributed by atoms with Gasteiger partial charge in [0.25, 0.3) is 5.91 Å². The van der Waals surface area contributed by atoms with Crippen LogP contribution in [0.5, 0.6) is 5.75 Å². The molecule has 1 aliphatic heterocycles. The van der Waals surface area contributed by atoms with E-state index in [4.69, 9.17) is 9.47 Å². The first-order valence-corrected chi connectivity index (χ1v) is 9.56. The maximum absolute atomic E-state index is 12.6. The lowest BCUT2D eigenvalue weighted by Gasteiger charge is -2.12. The molecule has 0 aliphatic carbocycles. The van der Waals surface area contributed by atoms with E-state index in [0.717, 1.165) is 30.9 Å². The van der Waals surface area contributed by atoms with Crippen molar-refractivity contribution < 1.29 is 14.3 Å². The van der Waals surface area contributed by atoms with Gasteiger partial charge in [0.2, 0.25) is 5.95 Å². The Balaban J connectivity index is 1.34. The van der Waals surface area contributed by atoms with Gasteiger partial charge in [0.15, 0.2) is 0 Å². The number of carbonyl (C=O) groups excluding carboxylic acids is 1. The van der Waals surface area contributed by atoms with Gasteiger partial charge in [-0.3, -0.25) is 4.79 Å². The Labute approximate surface area is 169 Å². The summed E-state index contributed by atoms with van der Waals surface area (Å²) in [6.07, 6.45) is 5.61. The van der Waals surface area contributed by atoms with Crippen LogP contribution in [-0.2, 0) is 4.74 Å². The fourth-order valence-corrected chi connectivity index (χ4v) is 3.03. The lowest BCUT2D eigenvalue weighted by Crippen LogP contribution is -2.16. The number of hydrogen-bond donors (Lipinski definition) is 2. The third-order valence-electron chi connectivity index (χ3n) is 4.52. The van der Waals surface area contributed by atoms with Gasteiger partial charge >= 0.3 is 0 Å². The van der Waals surface area contributed by atoms with Crippen LogP contribution in [0.15, 0.2) is 67.0 Å². The molecule has 1 amide bonds. The van der Waals surface area contributed by atoms with Gasteiger partial charge in [-0.1, -0.05) is 6.07 Å². The third-order valence-corrected chi connectivity index (χ3v) is 4.52. The fraction of sp³-hybridized carbons (Fsp3) is 0.227. The zero-order valence-electron chi connectivity index (χ0n) is 15.9. The zero-order valence-corrected chi connectivity index (χ0v) is 15.9. The molecular weight excluding hydrogens is 368 g/mol. The minimum absolute atomic E-state index is 0.177. The smallest absolute Gasteiger partial charge is 0.255 e. The second-order valence-corrected chi connectivity index (χ2v) is 6.70. The van der Waals surface area contributed by atoms with Crippen molar-refractivity contribution in [1.29, 1.82) is 0 Å². The molecular formula is C22H22N4O3. The maximum Gasteiger partial charge on any atom is 0.255 e. The predicted molar refractivity (Wildman–Crippen MR) is 111 cm³/mol. The van der Waals surface area contributed by atoms with E-state index in [1.54, 1.807) is 30.6 Å². The van der Waals surface area contributed by atoms with Crippen LogP contribution >= 0.6 is 0 Å². The van der Waals surface area contributed by atoms with E-state index in [1.807, 2.05) is 36.4 Å². The number of nitrogens with zero attached hydrogens (tertiary/aromatic N) is 2. The molecule has 1 aromatic heterocycles. The molecule has 0 radical (unpaired) electrons. The summed E-state index contributed by atoms with van der Waals surface area (Å²) in [7, 11) is 0. The molecule has 1 fully saturated rings.